The number of benzene rings is 2. The lowest BCUT2D eigenvalue weighted by Gasteiger charge is -2.07. The van der Waals surface area contributed by atoms with Crippen LogP contribution in [0.3, 0.4) is 0 Å². The maximum absolute atomic E-state index is 13.8. The number of likely N-dealkylation sites (N-methyl/N-ethyl adjacent to an activating group) is 1. The number of carbonyl (C=O) groups excluding carboxylic acids is 1. The summed E-state index contributed by atoms with van der Waals surface area (Å²) in [5.41, 5.74) is 0.891. The highest BCUT2D eigenvalue weighted by atomic mass is 32.2. The van der Waals surface area contributed by atoms with Crippen LogP contribution in [0.1, 0.15) is 12.5 Å². The number of aliphatic imine (C=N–C) groups is 1. The van der Waals surface area contributed by atoms with Crippen LogP contribution in [0.4, 0.5) is 10.1 Å². The molecule has 1 amide bonds. The molecule has 1 aliphatic heterocycles. The van der Waals surface area contributed by atoms with Crippen molar-refractivity contribution in [1.82, 2.24) is 4.90 Å². The number of nitrogens with zero attached hydrogens (tertiary/aromatic N) is 2. The largest absolute Gasteiger partial charge is 0.504 e. The Morgan fingerprint density at radius 1 is 1.31 bits per heavy atom. The van der Waals surface area contributed by atoms with Crippen molar-refractivity contribution in [1.29, 1.82) is 0 Å². The third kappa shape index (κ3) is 3.72. The number of phenols is 1. The molecule has 26 heavy (non-hydrogen) atoms. The number of hydrogen-bond donors (Lipinski definition) is 1. The Labute approximate surface area is 154 Å². The van der Waals surface area contributed by atoms with E-state index in [1.54, 1.807) is 43.5 Å². The maximum Gasteiger partial charge on any atom is 0.266 e. The highest BCUT2D eigenvalue weighted by Crippen LogP contribution is 2.35. The van der Waals surface area contributed by atoms with Gasteiger partial charge in [-0.05, 0) is 54.6 Å². The van der Waals surface area contributed by atoms with Crippen molar-refractivity contribution in [3.05, 3.63) is 58.8 Å². The fraction of sp³-hybridized carbons (Fsp3) is 0.158. The third-order valence-corrected chi connectivity index (χ3v) is 4.71. The molecule has 0 bridgehead atoms. The fourth-order valence-electron chi connectivity index (χ4n) is 2.34. The molecule has 1 saturated heterocycles. The third-order valence-electron chi connectivity index (χ3n) is 3.65. The van der Waals surface area contributed by atoms with E-state index >= 15 is 0 Å². The number of phenolic OH excluding ortho intramolecular Hbond substituents is 1. The van der Waals surface area contributed by atoms with E-state index in [0.29, 0.717) is 28.0 Å². The fourth-order valence-corrected chi connectivity index (χ4v) is 3.32. The van der Waals surface area contributed by atoms with Gasteiger partial charge in [0.15, 0.2) is 16.7 Å². The first kappa shape index (κ1) is 18.0. The van der Waals surface area contributed by atoms with E-state index in [1.165, 1.54) is 28.8 Å². The van der Waals surface area contributed by atoms with Crippen molar-refractivity contribution in [2.75, 3.05) is 13.7 Å². The molecule has 2 aromatic rings. The molecule has 134 valence electrons. The first-order valence-electron chi connectivity index (χ1n) is 7.96. The summed E-state index contributed by atoms with van der Waals surface area (Å²) in [6.07, 6.45) is 1.69. The summed E-state index contributed by atoms with van der Waals surface area (Å²) in [7, 11) is 1.60. The summed E-state index contributed by atoms with van der Waals surface area (Å²) in [6.45, 7) is 2.24. The van der Waals surface area contributed by atoms with Crippen LogP contribution < -0.4 is 4.74 Å². The highest BCUT2D eigenvalue weighted by Gasteiger charge is 2.30. The van der Waals surface area contributed by atoms with E-state index in [-0.39, 0.29) is 17.3 Å². The van der Waals surface area contributed by atoms with Crippen molar-refractivity contribution in [2.24, 2.45) is 4.99 Å². The van der Waals surface area contributed by atoms with E-state index < -0.39 is 5.82 Å². The molecule has 1 fully saturated rings. The molecule has 5 nitrogen and oxygen atoms in total. The first-order chi connectivity index (χ1) is 12.5. The molecular weight excluding hydrogens is 355 g/mol. The summed E-state index contributed by atoms with van der Waals surface area (Å²) < 4.78 is 19.2. The maximum atomic E-state index is 13.8. The van der Waals surface area contributed by atoms with Gasteiger partial charge < -0.3 is 9.84 Å². The molecule has 0 atom stereocenters. The second kappa shape index (κ2) is 7.61. The number of thioether (sulfide) groups is 1. The van der Waals surface area contributed by atoms with Gasteiger partial charge in [0.25, 0.3) is 5.91 Å². The average molecular weight is 372 g/mol. The van der Waals surface area contributed by atoms with E-state index in [2.05, 4.69) is 4.99 Å². The lowest BCUT2D eigenvalue weighted by Crippen LogP contribution is -2.23. The van der Waals surface area contributed by atoms with Crippen molar-refractivity contribution < 1.29 is 19.0 Å². The number of hydrogen-bond acceptors (Lipinski definition) is 5. The second-order valence-electron chi connectivity index (χ2n) is 5.48. The van der Waals surface area contributed by atoms with Crippen LogP contribution in [0.25, 0.3) is 6.08 Å². The number of aromatic hydroxyl groups is 1. The van der Waals surface area contributed by atoms with Crippen LogP contribution in [0.5, 0.6) is 11.5 Å². The van der Waals surface area contributed by atoms with Crippen LogP contribution in [0.15, 0.2) is 52.4 Å². The molecule has 3 rings (SSSR count). The van der Waals surface area contributed by atoms with E-state index in [0.717, 1.165) is 0 Å². The number of rotatable bonds is 4. The summed E-state index contributed by atoms with van der Waals surface area (Å²) in [5, 5.41) is 10.2. The number of para-hydroxylation sites is 1. The van der Waals surface area contributed by atoms with Gasteiger partial charge in [-0.15, -0.1) is 0 Å². The molecule has 0 aliphatic carbocycles. The molecule has 0 saturated carbocycles. The summed E-state index contributed by atoms with van der Waals surface area (Å²) in [4.78, 5) is 18.5. The Morgan fingerprint density at radius 3 is 2.81 bits per heavy atom. The van der Waals surface area contributed by atoms with Crippen molar-refractivity contribution >= 4 is 34.6 Å². The van der Waals surface area contributed by atoms with Crippen LogP contribution in [-0.2, 0) is 4.79 Å². The molecule has 1 aliphatic rings. The molecule has 2 aromatic carbocycles. The summed E-state index contributed by atoms with van der Waals surface area (Å²) >= 11 is 1.17. The van der Waals surface area contributed by atoms with Gasteiger partial charge in [0.05, 0.1) is 11.5 Å². The van der Waals surface area contributed by atoms with Gasteiger partial charge in [0.2, 0.25) is 0 Å². The Bertz CT molecular complexity index is 911. The molecule has 0 aromatic heterocycles. The van der Waals surface area contributed by atoms with Crippen molar-refractivity contribution in [3.63, 3.8) is 0 Å². The highest BCUT2D eigenvalue weighted by molar-refractivity contribution is 8.18. The van der Waals surface area contributed by atoms with E-state index in [4.69, 9.17) is 4.74 Å². The van der Waals surface area contributed by atoms with Crippen LogP contribution in [0, 0.1) is 5.82 Å². The molecule has 1 N–H and O–H groups in total. The predicted molar refractivity (Wildman–Crippen MR) is 101 cm³/mol. The minimum absolute atomic E-state index is 0.0401. The average Bonchev–Trinajstić information content (AvgIpc) is 2.88. The lowest BCUT2D eigenvalue weighted by molar-refractivity contribution is -0.121. The minimum atomic E-state index is -0.446. The number of amidine groups is 1. The molecule has 0 unspecified atom stereocenters. The predicted octanol–water partition coefficient (Wildman–Crippen LogP) is 4.16. The Hall–Kier alpha value is -2.80. The van der Waals surface area contributed by atoms with Crippen molar-refractivity contribution in [2.45, 2.75) is 6.92 Å². The minimum Gasteiger partial charge on any atom is -0.504 e. The van der Waals surface area contributed by atoms with Gasteiger partial charge in [-0.3, -0.25) is 9.69 Å². The standard InChI is InChI=1S/C19H17FN2O3S/c1-3-25-16-10-12(8-9-15(16)23)11-17-18(24)22(2)19(26-17)21-14-7-5-4-6-13(14)20/h4-11,23H,3H2,1-2H3/b17-11+,21-19?. The zero-order valence-electron chi connectivity index (χ0n) is 14.3. The molecule has 0 spiro atoms. The topological polar surface area (TPSA) is 62.1 Å². The van der Waals surface area contributed by atoms with Gasteiger partial charge in [-0.25, -0.2) is 9.38 Å². The number of amides is 1. The number of ether oxygens (including phenoxy) is 1. The molecule has 0 radical (unpaired) electrons. The van der Waals surface area contributed by atoms with Gasteiger partial charge in [0, 0.05) is 7.05 Å². The molecule has 1 heterocycles. The Kier molecular flexibility index (Phi) is 5.27. The zero-order chi connectivity index (χ0) is 18.7. The SMILES string of the molecule is CCOc1cc(/C=C2/SC(=Nc3ccccc3F)N(C)C2=O)ccc1O. The zero-order valence-corrected chi connectivity index (χ0v) is 15.1. The Balaban J connectivity index is 1.90. The number of halogens is 1. The van der Waals surface area contributed by atoms with Crippen LogP contribution >= 0.6 is 11.8 Å². The van der Waals surface area contributed by atoms with Gasteiger partial charge in [0.1, 0.15) is 11.5 Å². The van der Waals surface area contributed by atoms with Gasteiger partial charge >= 0.3 is 0 Å². The normalized spacial score (nSPS) is 17.3. The van der Waals surface area contributed by atoms with E-state index in [1.807, 2.05) is 6.92 Å². The summed E-state index contributed by atoms with van der Waals surface area (Å²) in [5.74, 6) is -0.279. The van der Waals surface area contributed by atoms with E-state index in [9.17, 15) is 14.3 Å². The van der Waals surface area contributed by atoms with Gasteiger partial charge in [-0.1, -0.05) is 18.2 Å². The van der Waals surface area contributed by atoms with Crippen LogP contribution in [0.2, 0.25) is 0 Å². The number of carbonyl (C=O) groups is 1. The monoisotopic (exact) mass is 372 g/mol. The second-order valence-corrected chi connectivity index (χ2v) is 6.49. The smallest absolute Gasteiger partial charge is 0.266 e. The molecule has 7 heteroatoms. The Morgan fingerprint density at radius 2 is 2.08 bits per heavy atom. The quantitative estimate of drug-likeness (QED) is 0.819. The van der Waals surface area contributed by atoms with Crippen molar-refractivity contribution in [3.8, 4) is 11.5 Å². The summed E-state index contributed by atoms with van der Waals surface area (Å²) in [6, 6.07) is 11.0. The van der Waals surface area contributed by atoms with Gasteiger partial charge in [-0.2, -0.15) is 0 Å². The molecular formula is C19H17FN2O3S. The van der Waals surface area contributed by atoms with Crippen LogP contribution in [-0.4, -0.2) is 34.7 Å². The lowest BCUT2D eigenvalue weighted by atomic mass is 10.2. The first-order valence-corrected chi connectivity index (χ1v) is 8.78.